The lowest BCUT2D eigenvalue weighted by molar-refractivity contribution is 0.0712. The van der Waals surface area contributed by atoms with Gasteiger partial charge in [-0.2, -0.15) is 0 Å². The number of thiazole rings is 1. The van der Waals surface area contributed by atoms with Crippen molar-refractivity contribution in [2.24, 2.45) is 0 Å². The predicted octanol–water partition coefficient (Wildman–Crippen LogP) is 3.22. The molecule has 1 amide bonds. The zero-order valence-corrected chi connectivity index (χ0v) is 11.5. The van der Waals surface area contributed by atoms with E-state index in [1.165, 1.54) is 16.3 Å². The van der Waals surface area contributed by atoms with Crippen molar-refractivity contribution in [3.8, 4) is 0 Å². The molecule has 0 bridgehead atoms. The Labute approximate surface area is 114 Å². The van der Waals surface area contributed by atoms with Gasteiger partial charge < -0.3 is 4.90 Å². The summed E-state index contributed by atoms with van der Waals surface area (Å²) in [4.78, 5) is 19.5. The third-order valence-electron chi connectivity index (χ3n) is 3.24. The maximum atomic E-state index is 12.3. The van der Waals surface area contributed by atoms with Crippen molar-refractivity contribution >= 4 is 28.6 Å². The molecule has 1 fully saturated rings. The van der Waals surface area contributed by atoms with Crippen LogP contribution in [-0.4, -0.2) is 28.9 Å². The van der Waals surface area contributed by atoms with E-state index in [2.05, 4.69) is 4.98 Å². The van der Waals surface area contributed by atoms with Crippen LogP contribution in [0.2, 0.25) is 0 Å². The Balaban J connectivity index is 1.73. The van der Waals surface area contributed by atoms with Gasteiger partial charge in [-0.25, -0.2) is 4.98 Å². The molecule has 1 aliphatic heterocycles. The Kier molecular flexibility index (Phi) is 3.43. The first-order valence-electron chi connectivity index (χ1n) is 6.07. The second-order valence-corrected chi connectivity index (χ2v) is 6.31. The summed E-state index contributed by atoms with van der Waals surface area (Å²) in [6, 6.07) is 3.83. The van der Waals surface area contributed by atoms with E-state index in [0.29, 0.717) is 5.92 Å². The molecule has 0 radical (unpaired) electrons. The number of rotatable bonds is 2. The third-order valence-corrected chi connectivity index (χ3v) is 5.04. The van der Waals surface area contributed by atoms with Gasteiger partial charge >= 0.3 is 0 Å². The lowest BCUT2D eigenvalue weighted by Gasteiger charge is -2.31. The molecule has 0 N–H and O–H groups in total. The van der Waals surface area contributed by atoms with Crippen molar-refractivity contribution in [1.82, 2.24) is 9.88 Å². The Morgan fingerprint density at radius 1 is 1.39 bits per heavy atom. The number of thiophene rings is 1. The minimum Gasteiger partial charge on any atom is -0.337 e. The first-order valence-corrected chi connectivity index (χ1v) is 7.82. The normalized spacial score (nSPS) is 20.0. The molecule has 2 aromatic heterocycles. The molecular formula is C13H14N2OS2. The standard InChI is InChI=1S/C13H14N2OS2/c16-13(11-4-2-7-17-11)15-6-1-3-10(9-15)12-14-5-8-18-12/h2,4-5,7-8,10H,1,3,6,9H2/t10-/m1/s1. The van der Waals surface area contributed by atoms with Crippen LogP contribution in [0.15, 0.2) is 29.1 Å². The molecule has 3 rings (SSSR count). The quantitative estimate of drug-likeness (QED) is 0.845. The van der Waals surface area contributed by atoms with Crippen molar-refractivity contribution in [1.29, 1.82) is 0 Å². The highest BCUT2D eigenvalue weighted by atomic mass is 32.1. The topological polar surface area (TPSA) is 33.2 Å². The van der Waals surface area contributed by atoms with Gasteiger partial charge in [0.25, 0.3) is 5.91 Å². The zero-order chi connectivity index (χ0) is 12.4. The minimum absolute atomic E-state index is 0.172. The number of amides is 1. The monoisotopic (exact) mass is 278 g/mol. The van der Waals surface area contributed by atoms with E-state index in [-0.39, 0.29) is 5.91 Å². The molecule has 2 aromatic rings. The molecule has 1 saturated heterocycles. The summed E-state index contributed by atoms with van der Waals surface area (Å²) in [5.74, 6) is 0.592. The molecule has 3 nitrogen and oxygen atoms in total. The molecule has 1 atom stereocenters. The molecule has 0 aromatic carbocycles. The van der Waals surface area contributed by atoms with E-state index >= 15 is 0 Å². The van der Waals surface area contributed by atoms with Crippen LogP contribution in [0.3, 0.4) is 0 Å². The lowest BCUT2D eigenvalue weighted by atomic mass is 9.98. The van der Waals surface area contributed by atoms with Gasteiger partial charge in [-0.15, -0.1) is 22.7 Å². The molecule has 1 aliphatic rings. The van der Waals surface area contributed by atoms with Crippen molar-refractivity contribution in [3.05, 3.63) is 39.0 Å². The number of hydrogen-bond donors (Lipinski definition) is 0. The van der Waals surface area contributed by atoms with Crippen LogP contribution < -0.4 is 0 Å². The van der Waals surface area contributed by atoms with Crippen LogP contribution in [0.5, 0.6) is 0 Å². The summed E-state index contributed by atoms with van der Waals surface area (Å²) in [6.07, 6.45) is 4.06. The molecule has 0 spiro atoms. The minimum atomic E-state index is 0.172. The molecular weight excluding hydrogens is 264 g/mol. The number of likely N-dealkylation sites (tertiary alicyclic amines) is 1. The maximum Gasteiger partial charge on any atom is 0.263 e. The summed E-state index contributed by atoms with van der Waals surface area (Å²) < 4.78 is 0. The van der Waals surface area contributed by atoms with Crippen LogP contribution in [-0.2, 0) is 0 Å². The van der Waals surface area contributed by atoms with E-state index in [1.807, 2.05) is 34.0 Å². The maximum absolute atomic E-state index is 12.3. The van der Waals surface area contributed by atoms with Crippen LogP contribution in [0, 0.1) is 0 Å². The lowest BCUT2D eigenvalue weighted by Crippen LogP contribution is -2.38. The van der Waals surface area contributed by atoms with Gasteiger partial charge in [0.15, 0.2) is 0 Å². The fraction of sp³-hybridized carbons (Fsp3) is 0.385. The van der Waals surface area contributed by atoms with Gasteiger partial charge in [-0.1, -0.05) is 6.07 Å². The van der Waals surface area contributed by atoms with Crippen molar-refractivity contribution in [2.45, 2.75) is 18.8 Å². The van der Waals surface area contributed by atoms with Crippen molar-refractivity contribution in [2.75, 3.05) is 13.1 Å². The average Bonchev–Trinajstić information content (AvgIpc) is 3.11. The Hall–Kier alpha value is -1.20. The van der Waals surface area contributed by atoms with Gasteiger partial charge in [0, 0.05) is 30.6 Å². The number of hydrogen-bond acceptors (Lipinski definition) is 4. The molecule has 0 saturated carbocycles. The highest BCUT2D eigenvalue weighted by Gasteiger charge is 2.27. The van der Waals surface area contributed by atoms with Crippen LogP contribution in [0.25, 0.3) is 0 Å². The van der Waals surface area contributed by atoms with Gasteiger partial charge in [-0.3, -0.25) is 4.79 Å². The van der Waals surface area contributed by atoms with Crippen LogP contribution in [0.1, 0.15) is 33.4 Å². The predicted molar refractivity (Wildman–Crippen MR) is 74.3 cm³/mol. The number of carbonyl (C=O) groups excluding carboxylic acids is 1. The number of nitrogens with zero attached hydrogens (tertiary/aromatic N) is 2. The van der Waals surface area contributed by atoms with Crippen molar-refractivity contribution in [3.63, 3.8) is 0 Å². The fourth-order valence-corrected chi connectivity index (χ4v) is 3.81. The Morgan fingerprint density at radius 2 is 2.33 bits per heavy atom. The Morgan fingerprint density at radius 3 is 3.06 bits per heavy atom. The van der Waals surface area contributed by atoms with Crippen LogP contribution >= 0.6 is 22.7 Å². The molecule has 5 heteroatoms. The van der Waals surface area contributed by atoms with Gasteiger partial charge in [0.2, 0.25) is 0 Å². The average molecular weight is 278 g/mol. The highest BCUT2D eigenvalue weighted by Crippen LogP contribution is 2.29. The summed E-state index contributed by atoms with van der Waals surface area (Å²) in [6.45, 7) is 1.68. The van der Waals surface area contributed by atoms with Gasteiger partial charge in [0.05, 0.1) is 9.88 Å². The summed E-state index contributed by atoms with van der Waals surface area (Å²) >= 11 is 3.21. The van der Waals surface area contributed by atoms with Crippen LogP contribution in [0.4, 0.5) is 0 Å². The van der Waals surface area contributed by atoms with E-state index < -0.39 is 0 Å². The smallest absolute Gasteiger partial charge is 0.263 e. The summed E-state index contributed by atoms with van der Waals surface area (Å²) in [7, 11) is 0. The molecule has 0 aliphatic carbocycles. The summed E-state index contributed by atoms with van der Waals surface area (Å²) in [5.41, 5.74) is 0. The number of aromatic nitrogens is 1. The molecule has 0 unspecified atom stereocenters. The third kappa shape index (κ3) is 2.33. The second kappa shape index (κ2) is 5.20. The van der Waals surface area contributed by atoms with Gasteiger partial charge in [0.1, 0.15) is 0 Å². The first-order chi connectivity index (χ1) is 8.84. The van der Waals surface area contributed by atoms with E-state index in [9.17, 15) is 4.79 Å². The zero-order valence-electron chi connectivity index (χ0n) is 9.91. The summed E-state index contributed by atoms with van der Waals surface area (Å²) in [5, 5.41) is 5.13. The molecule has 18 heavy (non-hydrogen) atoms. The van der Waals surface area contributed by atoms with E-state index in [1.54, 1.807) is 11.3 Å². The largest absolute Gasteiger partial charge is 0.337 e. The SMILES string of the molecule is O=C(c1cccs1)N1CCC[C@@H](c2nccs2)C1. The fourth-order valence-electron chi connectivity index (χ4n) is 2.36. The van der Waals surface area contributed by atoms with E-state index in [4.69, 9.17) is 0 Å². The van der Waals surface area contributed by atoms with Crippen molar-refractivity contribution < 1.29 is 4.79 Å². The molecule has 94 valence electrons. The second-order valence-electron chi connectivity index (χ2n) is 4.44. The van der Waals surface area contributed by atoms with E-state index in [0.717, 1.165) is 30.8 Å². The number of piperidine rings is 1. The highest BCUT2D eigenvalue weighted by molar-refractivity contribution is 7.12. The number of carbonyl (C=O) groups is 1. The first kappa shape index (κ1) is 11.9. The Bertz CT molecular complexity index is 507. The molecule has 3 heterocycles. The van der Waals surface area contributed by atoms with Gasteiger partial charge in [-0.05, 0) is 24.3 Å².